The minimum Gasteiger partial charge on any atom is -0.453 e. The third-order valence-electron chi connectivity index (χ3n) is 11.2. The van der Waals surface area contributed by atoms with Crippen molar-refractivity contribution in [3.8, 4) is 67.5 Å². The van der Waals surface area contributed by atoms with Crippen LogP contribution in [-0.2, 0) is 6.42 Å². The van der Waals surface area contributed by atoms with Gasteiger partial charge in [-0.25, -0.2) is 0 Å². The monoisotopic (exact) mass is 717 g/mol. The highest BCUT2D eigenvalue weighted by Gasteiger charge is 2.22. The zero-order valence-electron chi connectivity index (χ0n) is 30.5. The zero-order chi connectivity index (χ0) is 37.0. The first-order valence-corrected chi connectivity index (χ1v) is 19.1. The van der Waals surface area contributed by atoms with E-state index in [1.807, 2.05) is 30.3 Å². The molecular weight excluding hydrogens is 683 g/mol. The Morgan fingerprint density at radius 1 is 0.321 bits per heavy atom. The van der Waals surface area contributed by atoms with Crippen LogP contribution < -0.4 is 14.4 Å². The van der Waals surface area contributed by atoms with Gasteiger partial charge in [-0.05, 0) is 128 Å². The van der Waals surface area contributed by atoms with Gasteiger partial charge in [-0.2, -0.15) is 0 Å². The van der Waals surface area contributed by atoms with E-state index < -0.39 is 0 Å². The van der Waals surface area contributed by atoms with Gasteiger partial charge in [-0.15, -0.1) is 0 Å². The highest BCUT2D eigenvalue weighted by molar-refractivity contribution is 5.95. The second-order valence-corrected chi connectivity index (χ2v) is 14.5. The lowest BCUT2D eigenvalue weighted by atomic mass is 9.99. The Hall–Kier alpha value is -7.36. The van der Waals surface area contributed by atoms with Gasteiger partial charge >= 0.3 is 0 Å². The van der Waals surface area contributed by atoms with Gasteiger partial charge in [0.15, 0.2) is 11.5 Å². The first-order valence-electron chi connectivity index (χ1n) is 19.1. The largest absolute Gasteiger partial charge is 0.453 e. The summed E-state index contributed by atoms with van der Waals surface area (Å²) in [5.74, 6) is 3.02. The Labute approximate surface area is 326 Å². The van der Waals surface area contributed by atoms with Crippen LogP contribution in [0.2, 0.25) is 0 Å². The lowest BCUT2D eigenvalue weighted by Gasteiger charge is -2.26. The van der Waals surface area contributed by atoms with E-state index in [-0.39, 0.29) is 0 Å². The average molecular weight is 718 g/mol. The Balaban J connectivity index is 0.901. The number of fused-ring (bicyclic) bond motifs is 4. The van der Waals surface area contributed by atoms with E-state index in [9.17, 15) is 0 Å². The van der Waals surface area contributed by atoms with Gasteiger partial charge in [-0.3, -0.25) is 0 Å². The molecule has 1 heterocycles. The third kappa shape index (κ3) is 5.61. The standard InChI is InChI=1S/C53H35NO2/c1-2-8-35(9-3-1)37-20-26-44(27-21-37)54(46-30-24-43-32-42-10-4-5-13-47(42)48(43)34-46)45-28-22-38(23-29-45)36-16-18-39(19-17-36)41-25-31-49-52(33-41)56-51-15-7-12-40-11-6-14-50(55-49)53(40)51/h1-31,33-34H,32H2. The molecule has 1 aliphatic carbocycles. The summed E-state index contributed by atoms with van der Waals surface area (Å²) in [5.41, 5.74) is 15.7. The molecule has 3 heteroatoms. The van der Waals surface area contributed by atoms with Crippen molar-refractivity contribution < 1.29 is 9.47 Å². The number of nitrogens with zero attached hydrogens (tertiary/aromatic N) is 1. The van der Waals surface area contributed by atoms with Gasteiger partial charge in [0.1, 0.15) is 11.5 Å². The summed E-state index contributed by atoms with van der Waals surface area (Å²) >= 11 is 0. The summed E-state index contributed by atoms with van der Waals surface area (Å²) in [6.45, 7) is 0. The maximum Gasteiger partial charge on any atom is 0.170 e. The van der Waals surface area contributed by atoms with Crippen molar-refractivity contribution in [3.05, 3.63) is 211 Å². The summed E-state index contributed by atoms with van der Waals surface area (Å²) in [6.07, 6.45) is 0.978. The van der Waals surface area contributed by atoms with Crippen LogP contribution in [0.25, 0.3) is 55.3 Å². The summed E-state index contributed by atoms with van der Waals surface area (Å²) in [4.78, 5) is 2.37. The fourth-order valence-electron chi connectivity index (χ4n) is 8.32. The predicted molar refractivity (Wildman–Crippen MR) is 230 cm³/mol. The molecule has 0 unspecified atom stereocenters. The lowest BCUT2D eigenvalue weighted by Crippen LogP contribution is -2.10. The Morgan fingerprint density at radius 2 is 0.839 bits per heavy atom. The van der Waals surface area contributed by atoms with E-state index in [1.165, 1.54) is 33.4 Å². The molecule has 9 aromatic rings. The van der Waals surface area contributed by atoms with Crippen LogP contribution in [0.5, 0.6) is 23.0 Å². The zero-order valence-corrected chi connectivity index (χ0v) is 30.5. The molecular formula is C53H35NO2. The molecule has 0 N–H and O–H groups in total. The van der Waals surface area contributed by atoms with Crippen LogP contribution in [0.15, 0.2) is 200 Å². The van der Waals surface area contributed by atoms with Crippen LogP contribution in [0.4, 0.5) is 17.1 Å². The quantitative estimate of drug-likeness (QED) is 0.171. The molecule has 56 heavy (non-hydrogen) atoms. The molecule has 0 saturated carbocycles. The van der Waals surface area contributed by atoms with Gasteiger partial charge in [0.25, 0.3) is 0 Å². The topological polar surface area (TPSA) is 21.7 Å². The summed E-state index contributed by atoms with van der Waals surface area (Å²) in [5, 5.41) is 2.08. The van der Waals surface area contributed by atoms with Crippen molar-refractivity contribution >= 4 is 27.8 Å². The molecule has 2 aliphatic rings. The van der Waals surface area contributed by atoms with Crippen LogP contribution in [0, 0.1) is 0 Å². The van der Waals surface area contributed by atoms with E-state index in [0.29, 0.717) is 11.5 Å². The summed E-state index contributed by atoms with van der Waals surface area (Å²) < 4.78 is 12.8. The second-order valence-electron chi connectivity index (χ2n) is 14.5. The average Bonchev–Trinajstić information content (AvgIpc) is 3.55. The maximum atomic E-state index is 6.46. The van der Waals surface area contributed by atoms with Crippen molar-refractivity contribution in [2.24, 2.45) is 0 Å². The maximum absolute atomic E-state index is 6.46. The van der Waals surface area contributed by atoms with Gasteiger partial charge in [-0.1, -0.05) is 140 Å². The van der Waals surface area contributed by atoms with Gasteiger partial charge in [0.2, 0.25) is 0 Å². The molecule has 0 bridgehead atoms. The molecule has 0 aromatic heterocycles. The molecule has 264 valence electrons. The first kappa shape index (κ1) is 32.1. The number of benzene rings is 9. The SMILES string of the molecule is c1ccc(-c2ccc(N(c3ccc(-c4ccc(-c5ccc6c(c5)Oc5cccc7cccc(c57)O6)cc4)cc3)c3ccc4c(c3)-c3ccccc3C4)cc2)cc1. The third-order valence-corrected chi connectivity index (χ3v) is 11.2. The van der Waals surface area contributed by atoms with Crippen molar-refractivity contribution in [2.75, 3.05) is 4.90 Å². The van der Waals surface area contributed by atoms with E-state index in [1.54, 1.807) is 0 Å². The second kappa shape index (κ2) is 13.2. The molecule has 0 spiro atoms. The highest BCUT2D eigenvalue weighted by atomic mass is 16.5. The number of rotatable bonds is 6. The predicted octanol–water partition coefficient (Wildman–Crippen LogP) is 14.8. The lowest BCUT2D eigenvalue weighted by molar-refractivity contribution is 0.439. The van der Waals surface area contributed by atoms with Crippen molar-refractivity contribution in [1.82, 2.24) is 0 Å². The Morgan fingerprint density at radius 3 is 1.52 bits per heavy atom. The Kier molecular flexibility index (Phi) is 7.56. The summed E-state index contributed by atoms with van der Waals surface area (Å²) in [7, 11) is 0. The highest BCUT2D eigenvalue weighted by Crippen LogP contribution is 2.47. The fourth-order valence-corrected chi connectivity index (χ4v) is 8.32. The van der Waals surface area contributed by atoms with E-state index in [4.69, 9.17) is 9.47 Å². The fraction of sp³-hybridized carbons (Fsp3) is 0.0189. The molecule has 0 fully saturated rings. The molecule has 0 saturated heterocycles. The van der Waals surface area contributed by atoms with Crippen LogP contribution in [-0.4, -0.2) is 0 Å². The Bertz CT molecular complexity index is 2910. The van der Waals surface area contributed by atoms with Gasteiger partial charge < -0.3 is 14.4 Å². The minimum absolute atomic E-state index is 0.706. The van der Waals surface area contributed by atoms with Crippen molar-refractivity contribution in [2.45, 2.75) is 6.42 Å². The number of hydrogen-bond acceptors (Lipinski definition) is 3. The molecule has 0 radical (unpaired) electrons. The normalized spacial score (nSPS) is 12.1. The van der Waals surface area contributed by atoms with E-state index in [0.717, 1.165) is 68.0 Å². The van der Waals surface area contributed by atoms with Crippen LogP contribution in [0.3, 0.4) is 0 Å². The first-order chi connectivity index (χ1) is 27.7. The number of ether oxygens (including phenoxy) is 2. The molecule has 9 aromatic carbocycles. The van der Waals surface area contributed by atoms with E-state index in [2.05, 4.69) is 175 Å². The van der Waals surface area contributed by atoms with Gasteiger partial charge in [0, 0.05) is 17.1 Å². The summed E-state index contributed by atoms with van der Waals surface area (Å²) in [6, 6.07) is 71.2. The minimum atomic E-state index is 0.706. The molecule has 0 atom stereocenters. The number of hydrogen-bond donors (Lipinski definition) is 0. The number of anilines is 3. The van der Waals surface area contributed by atoms with E-state index >= 15 is 0 Å². The van der Waals surface area contributed by atoms with Crippen molar-refractivity contribution in [3.63, 3.8) is 0 Å². The van der Waals surface area contributed by atoms with Crippen LogP contribution >= 0.6 is 0 Å². The van der Waals surface area contributed by atoms with Gasteiger partial charge in [0.05, 0.1) is 5.39 Å². The van der Waals surface area contributed by atoms with Crippen molar-refractivity contribution in [1.29, 1.82) is 0 Å². The molecule has 3 nitrogen and oxygen atoms in total. The van der Waals surface area contributed by atoms with Crippen LogP contribution in [0.1, 0.15) is 11.1 Å². The molecule has 0 amide bonds. The molecule has 1 aliphatic heterocycles. The molecule has 11 rings (SSSR count). The smallest absolute Gasteiger partial charge is 0.170 e.